The molecule has 4 rings (SSSR count). The molecule has 0 spiro atoms. The SMILES string of the molecule is CC(C)COC(=O)c1ccc(NC(=O)c2ccc(-n3nc(C(F)(F)F)c4c3CCCC4)cc2)cc1. The van der Waals surface area contributed by atoms with Gasteiger partial charge < -0.3 is 10.1 Å². The van der Waals surface area contributed by atoms with Crippen LogP contribution in [-0.2, 0) is 23.8 Å². The first kappa shape index (κ1) is 24.5. The Hall–Kier alpha value is -3.62. The van der Waals surface area contributed by atoms with Crippen LogP contribution in [0.2, 0.25) is 0 Å². The average molecular weight is 486 g/mol. The molecule has 0 atom stereocenters. The lowest BCUT2D eigenvalue weighted by Gasteiger charge is -2.15. The van der Waals surface area contributed by atoms with Crippen LogP contribution in [0.5, 0.6) is 0 Å². The van der Waals surface area contributed by atoms with Crippen molar-refractivity contribution in [3.63, 3.8) is 0 Å². The smallest absolute Gasteiger partial charge is 0.435 e. The van der Waals surface area contributed by atoms with E-state index in [-0.39, 0.29) is 17.4 Å². The third-order valence-corrected chi connectivity index (χ3v) is 5.75. The molecule has 0 unspecified atom stereocenters. The summed E-state index contributed by atoms with van der Waals surface area (Å²) in [6.07, 6.45) is -2.10. The van der Waals surface area contributed by atoms with Crippen molar-refractivity contribution in [3.8, 4) is 5.69 Å². The number of aromatic nitrogens is 2. The predicted molar refractivity (Wildman–Crippen MR) is 125 cm³/mol. The molecule has 0 fully saturated rings. The van der Waals surface area contributed by atoms with Gasteiger partial charge in [-0.25, -0.2) is 9.48 Å². The van der Waals surface area contributed by atoms with Crippen molar-refractivity contribution < 1.29 is 27.5 Å². The maximum Gasteiger partial charge on any atom is 0.435 e. The highest BCUT2D eigenvalue weighted by atomic mass is 19.4. The van der Waals surface area contributed by atoms with Gasteiger partial charge in [-0.15, -0.1) is 0 Å². The number of nitrogens with zero attached hydrogens (tertiary/aromatic N) is 2. The van der Waals surface area contributed by atoms with Crippen molar-refractivity contribution >= 4 is 17.6 Å². The van der Waals surface area contributed by atoms with Crippen molar-refractivity contribution in [3.05, 3.63) is 76.6 Å². The topological polar surface area (TPSA) is 73.2 Å². The molecule has 0 saturated carbocycles. The van der Waals surface area contributed by atoms with Crippen molar-refractivity contribution in [1.82, 2.24) is 9.78 Å². The number of alkyl halides is 3. The Bertz CT molecular complexity index is 1210. The summed E-state index contributed by atoms with van der Waals surface area (Å²) in [5.41, 5.74) is 1.70. The molecule has 1 aliphatic rings. The number of hydrogen-bond donors (Lipinski definition) is 1. The molecule has 9 heteroatoms. The first-order valence-electron chi connectivity index (χ1n) is 11.5. The van der Waals surface area contributed by atoms with E-state index in [1.807, 2.05) is 13.8 Å². The van der Waals surface area contributed by atoms with Crippen molar-refractivity contribution in [2.75, 3.05) is 11.9 Å². The van der Waals surface area contributed by atoms with Crippen molar-refractivity contribution in [2.24, 2.45) is 5.92 Å². The summed E-state index contributed by atoms with van der Waals surface area (Å²) in [5.74, 6) is -0.582. The Kier molecular flexibility index (Phi) is 6.95. The highest BCUT2D eigenvalue weighted by Gasteiger charge is 2.39. The highest BCUT2D eigenvalue weighted by molar-refractivity contribution is 6.04. The number of ether oxygens (including phenoxy) is 1. The monoisotopic (exact) mass is 485 g/mol. The van der Waals surface area contributed by atoms with E-state index in [1.54, 1.807) is 48.5 Å². The third kappa shape index (κ3) is 5.55. The molecule has 1 aromatic heterocycles. The van der Waals surface area contributed by atoms with E-state index in [0.29, 0.717) is 54.1 Å². The lowest BCUT2D eigenvalue weighted by Crippen LogP contribution is -2.13. The number of benzene rings is 2. The van der Waals surface area contributed by atoms with Crippen LogP contribution in [0.3, 0.4) is 0 Å². The quantitative estimate of drug-likeness (QED) is 0.446. The fourth-order valence-electron chi connectivity index (χ4n) is 4.01. The van der Waals surface area contributed by atoms with Crippen LogP contribution in [-0.4, -0.2) is 28.3 Å². The minimum atomic E-state index is -4.51. The van der Waals surface area contributed by atoms with Gasteiger partial charge in [0.05, 0.1) is 17.9 Å². The fraction of sp³-hybridized carbons (Fsp3) is 0.346. The molecule has 6 nitrogen and oxygen atoms in total. The lowest BCUT2D eigenvalue weighted by molar-refractivity contribution is -0.142. The first-order chi connectivity index (χ1) is 16.6. The van der Waals surface area contributed by atoms with Crippen molar-refractivity contribution in [1.29, 1.82) is 0 Å². The molecule has 1 heterocycles. The summed E-state index contributed by atoms with van der Waals surface area (Å²) < 4.78 is 46.9. The Balaban J connectivity index is 1.47. The molecular formula is C26H26F3N3O3. The summed E-state index contributed by atoms with van der Waals surface area (Å²) in [4.78, 5) is 24.7. The lowest BCUT2D eigenvalue weighted by atomic mass is 9.95. The molecule has 0 radical (unpaired) electrons. The summed E-state index contributed by atoms with van der Waals surface area (Å²) in [5, 5.41) is 6.62. The van der Waals surface area contributed by atoms with Gasteiger partial charge in [-0.2, -0.15) is 18.3 Å². The number of halogens is 3. The van der Waals surface area contributed by atoms with Gasteiger partial charge in [-0.05, 0) is 80.1 Å². The average Bonchev–Trinajstić information content (AvgIpc) is 3.23. The maximum atomic E-state index is 13.5. The Labute approximate surface area is 201 Å². The van der Waals surface area contributed by atoms with Crippen LogP contribution in [0.25, 0.3) is 5.69 Å². The van der Waals surface area contributed by atoms with Gasteiger partial charge in [-0.1, -0.05) is 13.8 Å². The number of carbonyl (C=O) groups excluding carboxylic acids is 2. The van der Waals surface area contributed by atoms with Crippen LogP contribution in [0.4, 0.5) is 18.9 Å². The van der Waals surface area contributed by atoms with Gasteiger partial charge in [0.25, 0.3) is 5.91 Å². The van der Waals surface area contributed by atoms with E-state index in [0.717, 1.165) is 6.42 Å². The Morgan fingerprint density at radius 3 is 2.26 bits per heavy atom. The summed E-state index contributed by atoms with van der Waals surface area (Å²) in [6, 6.07) is 12.6. The molecule has 0 aliphatic heterocycles. The number of rotatable bonds is 6. The van der Waals surface area contributed by atoms with Gasteiger partial charge in [-0.3, -0.25) is 4.79 Å². The minimum absolute atomic E-state index is 0.231. The Morgan fingerprint density at radius 1 is 1.00 bits per heavy atom. The van der Waals surface area contributed by atoms with Gasteiger partial charge in [0.2, 0.25) is 0 Å². The molecule has 1 N–H and O–H groups in total. The molecular weight excluding hydrogens is 459 g/mol. The second-order valence-corrected chi connectivity index (χ2v) is 8.96. The molecule has 184 valence electrons. The van der Waals surface area contributed by atoms with Crippen LogP contribution in [0, 0.1) is 5.92 Å². The fourth-order valence-corrected chi connectivity index (χ4v) is 4.01. The van der Waals surface area contributed by atoms with E-state index in [4.69, 9.17) is 4.74 Å². The molecule has 0 saturated heterocycles. The second-order valence-electron chi connectivity index (χ2n) is 8.96. The zero-order chi connectivity index (χ0) is 25.2. The van der Waals surface area contributed by atoms with Crippen LogP contribution in [0.15, 0.2) is 48.5 Å². The Morgan fingerprint density at radius 2 is 1.63 bits per heavy atom. The largest absolute Gasteiger partial charge is 0.462 e. The van der Waals surface area contributed by atoms with E-state index >= 15 is 0 Å². The number of anilines is 1. The molecule has 1 amide bonds. The second kappa shape index (κ2) is 9.93. The zero-order valence-corrected chi connectivity index (χ0v) is 19.5. The number of esters is 1. The summed E-state index contributed by atoms with van der Waals surface area (Å²) >= 11 is 0. The number of carbonyl (C=O) groups is 2. The standard InChI is InChI=1S/C26H26F3N3O3/c1-16(2)15-35-25(34)18-7-11-19(12-8-18)30-24(33)17-9-13-20(14-10-17)32-22-6-4-3-5-21(22)23(31-32)26(27,28)29/h7-14,16H,3-6,15H2,1-2H3,(H,30,33). The van der Waals surface area contributed by atoms with Gasteiger partial charge in [0.15, 0.2) is 5.69 Å². The first-order valence-corrected chi connectivity index (χ1v) is 11.5. The maximum absolute atomic E-state index is 13.5. The highest BCUT2D eigenvalue weighted by Crippen LogP contribution is 2.36. The zero-order valence-electron chi connectivity index (χ0n) is 19.5. The summed E-state index contributed by atoms with van der Waals surface area (Å²) in [6.45, 7) is 4.22. The van der Waals surface area contributed by atoms with E-state index in [2.05, 4.69) is 10.4 Å². The van der Waals surface area contributed by atoms with Crippen LogP contribution < -0.4 is 5.32 Å². The molecule has 2 aromatic carbocycles. The van der Waals surface area contributed by atoms with Crippen LogP contribution in [0.1, 0.15) is 64.4 Å². The minimum Gasteiger partial charge on any atom is -0.462 e. The molecule has 0 bridgehead atoms. The van der Waals surface area contributed by atoms with E-state index in [1.165, 1.54) is 4.68 Å². The molecule has 1 aliphatic carbocycles. The van der Waals surface area contributed by atoms with Crippen molar-refractivity contribution in [2.45, 2.75) is 45.7 Å². The third-order valence-electron chi connectivity index (χ3n) is 5.75. The molecule has 35 heavy (non-hydrogen) atoms. The number of hydrogen-bond acceptors (Lipinski definition) is 4. The van der Waals surface area contributed by atoms with Gasteiger partial charge in [0.1, 0.15) is 0 Å². The van der Waals surface area contributed by atoms with Gasteiger partial charge in [0, 0.05) is 22.5 Å². The summed E-state index contributed by atoms with van der Waals surface area (Å²) in [7, 11) is 0. The number of fused-ring (bicyclic) bond motifs is 1. The predicted octanol–water partition coefficient (Wildman–Crippen LogP) is 5.84. The number of amides is 1. The van der Waals surface area contributed by atoms with E-state index in [9.17, 15) is 22.8 Å². The van der Waals surface area contributed by atoms with E-state index < -0.39 is 17.8 Å². The number of nitrogens with one attached hydrogen (secondary N) is 1. The van der Waals surface area contributed by atoms with Gasteiger partial charge >= 0.3 is 12.1 Å². The normalized spacial score (nSPS) is 13.4. The molecule has 3 aromatic rings. The van der Waals surface area contributed by atoms with Crippen LogP contribution >= 0.6 is 0 Å².